The molecule has 2 rings (SSSR count). The predicted molar refractivity (Wildman–Crippen MR) is 105 cm³/mol. The van der Waals surface area contributed by atoms with E-state index in [2.05, 4.69) is 25.8 Å². The summed E-state index contributed by atoms with van der Waals surface area (Å²) in [5.74, 6) is -0.826. The maximum atomic E-state index is 14.7. The molecule has 0 aliphatic heterocycles. The minimum atomic E-state index is -2.50. The third-order valence-electron chi connectivity index (χ3n) is 4.15. The summed E-state index contributed by atoms with van der Waals surface area (Å²) in [6, 6.07) is 15.9. The Morgan fingerprint density at radius 3 is 1.96 bits per heavy atom. The minimum Gasteiger partial charge on any atom is -0.363 e. The molecule has 0 unspecified atom stereocenters. The van der Waals surface area contributed by atoms with E-state index in [9.17, 15) is 8.78 Å². The fourth-order valence-corrected chi connectivity index (χ4v) is 7.15. The Labute approximate surface area is 149 Å². The van der Waals surface area contributed by atoms with E-state index < -0.39 is 19.9 Å². The molecule has 0 aliphatic rings. The Kier molecular flexibility index (Phi) is 6.48. The SMILES string of the molecule is C=CC[Si](CC=C)(CC=C)N(c1[c]cccc1F)c1ccccc1F. The van der Waals surface area contributed by atoms with E-state index in [-0.39, 0.29) is 5.69 Å². The first kappa shape index (κ1) is 18.9. The molecular formula is C21H22F2NSi. The van der Waals surface area contributed by atoms with E-state index in [1.807, 2.05) is 22.8 Å². The maximum Gasteiger partial charge on any atom is 0.173 e. The minimum absolute atomic E-state index is 0.254. The van der Waals surface area contributed by atoms with Crippen LogP contribution in [0.15, 0.2) is 80.4 Å². The predicted octanol–water partition coefficient (Wildman–Crippen LogP) is 6.41. The number of allylic oxidation sites excluding steroid dienone is 3. The summed E-state index contributed by atoms with van der Waals surface area (Å²) >= 11 is 0. The third-order valence-corrected chi connectivity index (χ3v) is 8.71. The van der Waals surface area contributed by atoms with Crippen LogP contribution in [0.2, 0.25) is 18.1 Å². The van der Waals surface area contributed by atoms with Gasteiger partial charge in [-0.2, -0.15) is 0 Å². The smallest absolute Gasteiger partial charge is 0.173 e. The molecule has 0 aromatic heterocycles. The van der Waals surface area contributed by atoms with Crippen LogP contribution in [0.3, 0.4) is 0 Å². The fraction of sp³-hybridized carbons (Fsp3) is 0.143. The van der Waals surface area contributed by atoms with E-state index in [0.29, 0.717) is 23.8 Å². The van der Waals surface area contributed by atoms with Crippen molar-refractivity contribution in [1.82, 2.24) is 0 Å². The molecule has 0 aliphatic carbocycles. The first-order valence-electron chi connectivity index (χ1n) is 8.13. The molecule has 4 heteroatoms. The number of rotatable bonds is 9. The van der Waals surface area contributed by atoms with Gasteiger partial charge in [0.25, 0.3) is 0 Å². The van der Waals surface area contributed by atoms with E-state index >= 15 is 0 Å². The summed E-state index contributed by atoms with van der Waals surface area (Å²) in [6.45, 7) is 11.6. The monoisotopic (exact) mass is 354 g/mol. The summed E-state index contributed by atoms with van der Waals surface area (Å²) < 4.78 is 31.1. The molecule has 0 heterocycles. The average molecular weight is 354 g/mol. The van der Waals surface area contributed by atoms with E-state index in [1.54, 1.807) is 30.3 Å². The van der Waals surface area contributed by atoms with Gasteiger partial charge in [0.2, 0.25) is 0 Å². The zero-order valence-corrected chi connectivity index (χ0v) is 15.2. The highest BCUT2D eigenvalue weighted by atomic mass is 28.3. The van der Waals surface area contributed by atoms with Crippen LogP contribution in [-0.4, -0.2) is 8.24 Å². The second-order valence-corrected chi connectivity index (χ2v) is 9.98. The van der Waals surface area contributed by atoms with Gasteiger partial charge in [-0.3, -0.25) is 0 Å². The zero-order chi connectivity index (χ0) is 18.3. The molecule has 0 bridgehead atoms. The molecule has 0 spiro atoms. The van der Waals surface area contributed by atoms with Crippen LogP contribution in [0.1, 0.15) is 0 Å². The van der Waals surface area contributed by atoms with Gasteiger partial charge in [0.05, 0.1) is 11.4 Å². The van der Waals surface area contributed by atoms with Crippen LogP contribution in [0.5, 0.6) is 0 Å². The number of hydrogen-bond donors (Lipinski definition) is 0. The van der Waals surface area contributed by atoms with Crippen molar-refractivity contribution >= 4 is 19.6 Å². The lowest BCUT2D eigenvalue weighted by atomic mass is 10.2. The van der Waals surface area contributed by atoms with Gasteiger partial charge < -0.3 is 4.57 Å². The van der Waals surface area contributed by atoms with Crippen LogP contribution in [0.4, 0.5) is 20.2 Å². The van der Waals surface area contributed by atoms with Crippen molar-refractivity contribution in [3.05, 3.63) is 98.1 Å². The molecule has 2 aromatic rings. The van der Waals surface area contributed by atoms with Crippen molar-refractivity contribution in [2.45, 2.75) is 18.1 Å². The van der Waals surface area contributed by atoms with Crippen molar-refractivity contribution in [1.29, 1.82) is 0 Å². The number of anilines is 2. The van der Waals surface area contributed by atoms with Crippen LogP contribution in [-0.2, 0) is 0 Å². The first-order valence-corrected chi connectivity index (χ1v) is 10.7. The topological polar surface area (TPSA) is 3.24 Å². The van der Waals surface area contributed by atoms with E-state index in [1.165, 1.54) is 12.1 Å². The Bertz CT molecular complexity index is 685. The number of nitrogens with zero attached hydrogens (tertiary/aromatic N) is 1. The molecule has 0 saturated heterocycles. The molecule has 0 fully saturated rings. The molecule has 25 heavy (non-hydrogen) atoms. The lowest BCUT2D eigenvalue weighted by Gasteiger charge is -2.43. The van der Waals surface area contributed by atoms with Crippen molar-refractivity contribution in [2.24, 2.45) is 0 Å². The van der Waals surface area contributed by atoms with E-state index in [0.717, 1.165) is 0 Å². The second-order valence-electron chi connectivity index (χ2n) is 5.86. The lowest BCUT2D eigenvalue weighted by Crippen LogP contribution is -2.51. The summed E-state index contributed by atoms with van der Waals surface area (Å²) in [5.41, 5.74) is 0.603. The van der Waals surface area contributed by atoms with Gasteiger partial charge in [-0.1, -0.05) is 42.5 Å². The quantitative estimate of drug-likeness (QED) is 0.372. The Balaban J connectivity index is 2.78. The number of benzene rings is 2. The standard InChI is InChI=1S/C21H22F2NSi/c1-4-15-25(16-5-2,17-6-3)24(20-13-9-7-11-18(20)22)21-14-10-8-12-19(21)23/h4-13H,1-3,15-17H2. The summed E-state index contributed by atoms with van der Waals surface area (Å²) in [6.07, 6.45) is 5.44. The van der Waals surface area contributed by atoms with Crippen molar-refractivity contribution < 1.29 is 8.78 Å². The molecule has 1 nitrogen and oxygen atoms in total. The number of hydrogen-bond acceptors (Lipinski definition) is 1. The van der Waals surface area contributed by atoms with Crippen LogP contribution < -0.4 is 4.57 Å². The number of halogens is 2. The van der Waals surface area contributed by atoms with E-state index in [4.69, 9.17) is 0 Å². The van der Waals surface area contributed by atoms with Gasteiger partial charge in [0.15, 0.2) is 8.24 Å². The fourth-order valence-electron chi connectivity index (χ4n) is 3.15. The van der Waals surface area contributed by atoms with Crippen molar-refractivity contribution in [2.75, 3.05) is 4.57 Å². The largest absolute Gasteiger partial charge is 0.363 e. The highest BCUT2D eigenvalue weighted by Crippen LogP contribution is 2.40. The molecule has 0 amide bonds. The summed E-state index contributed by atoms with van der Waals surface area (Å²) in [4.78, 5) is 0. The Morgan fingerprint density at radius 1 is 0.880 bits per heavy atom. The van der Waals surface area contributed by atoms with Crippen LogP contribution >= 0.6 is 0 Å². The normalized spacial score (nSPS) is 11.0. The highest BCUT2D eigenvalue weighted by molar-refractivity contribution is 6.85. The van der Waals surface area contributed by atoms with Gasteiger partial charge in [-0.15, -0.1) is 19.7 Å². The van der Waals surface area contributed by atoms with Gasteiger partial charge in [0, 0.05) is 6.07 Å². The summed E-state index contributed by atoms with van der Waals surface area (Å²) in [7, 11) is -2.50. The molecule has 0 atom stereocenters. The first-order chi connectivity index (χ1) is 12.1. The molecule has 0 saturated carbocycles. The van der Waals surface area contributed by atoms with Gasteiger partial charge in [0.1, 0.15) is 11.6 Å². The highest BCUT2D eigenvalue weighted by Gasteiger charge is 2.40. The number of para-hydroxylation sites is 2. The lowest BCUT2D eigenvalue weighted by molar-refractivity contribution is 0.620. The molecule has 0 N–H and O–H groups in total. The van der Waals surface area contributed by atoms with Crippen LogP contribution in [0, 0.1) is 17.7 Å². The van der Waals surface area contributed by atoms with Gasteiger partial charge >= 0.3 is 0 Å². The average Bonchev–Trinajstić information content (AvgIpc) is 2.59. The Morgan fingerprint density at radius 2 is 1.44 bits per heavy atom. The second kappa shape index (κ2) is 8.58. The molecule has 129 valence electrons. The summed E-state index contributed by atoms with van der Waals surface area (Å²) in [5, 5.41) is 0. The molecular weight excluding hydrogens is 332 g/mol. The van der Waals surface area contributed by atoms with Gasteiger partial charge in [-0.25, -0.2) is 8.78 Å². The Hall–Kier alpha value is -2.46. The third kappa shape index (κ3) is 3.96. The van der Waals surface area contributed by atoms with Crippen molar-refractivity contribution in [3.8, 4) is 0 Å². The molecule has 1 radical (unpaired) electrons. The molecule has 2 aromatic carbocycles. The zero-order valence-electron chi connectivity index (χ0n) is 14.2. The van der Waals surface area contributed by atoms with Crippen molar-refractivity contribution in [3.63, 3.8) is 0 Å². The van der Waals surface area contributed by atoms with Crippen LogP contribution in [0.25, 0.3) is 0 Å². The van der Waals surface area contributed by atoms with Gasteiger partial charge in [-0.05, 0) is 36.3 Å². The maximum absolute atomic E-state index is 14.7.